The Hall–Kier alpha value is -3.05. The highest BCUT2D eigenvalue weighted by Crippen LogP contribution is 2.63. The predicted octanol–water partition coefficient (Wildman–Crippen LogP) is -1.22. The largest absolute Gasteiger partial charge is 0.669 e. The van der Waals surface area contributed by atoms with Crippen LogP contribution in [0.3, 0.4) is 0 Å². The van der Waals surface area contributed by atoms with E-state index in [1.54, 1.807) is 17.2 Å². The monoisotopic (exact) mass is 399 g/mol. The van der Waals surface area contributed by atoms with Crippen LogP contribution in [0.4, 0.5) is 0 Å². The zero-order valence-corrected chi connectivity index (χ0v) is 15.3. The molecule has 2 fully saturated rings. The quantitative estimate of drug-likeness (QED) is 0.530. The number of nitrogens with zero attached hydrogens (tertiary/aromatic N) is 2. The smallest absolute Gasteiger partial charge is 0.434 e. The van der Waals surface area contributed by atoms with Crippen LogP contribution in [0.25, 0.3) is 0 Å². The van der Waals surface area contributed by atoms with Gasteiger partial charge in [0.05, 0.1) is 43.1 Å². The van der Waals surface area contributed by atoms with Crippen LogP contribution in [-0.2, 0) is 11.2 Å². The Bertz CT molecular complexity index is 988. The zero-order chi connectivity index (χ0) is 20.3. The van der Waals surface area contributed by atoms with Crippen LogP contribution >= 0.6 is 0 Å². The fourth-order valence-corrected chi connectivity index (χ4v) is 4.16. The number of rotatable bonds is 5. The third kappa shape index (κ3) is 3.02. The number of carboxylic acids is 1. The number of carboxylic acid groups (broad SMARTS) is 1. The molecule has 29 heavy (non-hydrogen) atoms. The van der Waals surface area contributed by atoms with Crippen LogP contribution in [0.1, 0.15) is 34.0 Å². The second-order valence-electron chi connectivity index (χ2n) is 7.82. The predicted molar refractivity (Wildman–Crippen MR) is 96.0 cm³/mol. The Labute approximate surface area is 165 Å². The standard InChI is InChI=1S/C18H19BN3O7/c23-15(3-9-5-20-8-21-9)22-6-10(7-22)28-14-2-1-11-12-4-13(12)19(26,27)29-17(11)16(14)18(24)25/h1-2,5,8,10,12-13,26-27H,3-4,6-7H2,(H,20,21)(H,24,25)/q-1/p-1/t12-,13-/m0/s1. The molecule has 5 rings (SSSR count). The number of amides is 1. The number of aromatic amines is 1. The first-order valence-electron chi connectivity index (χ1n) is 9.41. The summed E-state index contributed by atoms with van der Waals surface area (Å²) in [5.74, 6) is -2.23. The van der Waals surface area contributed by atoms with E-state index in [9.17, 15) is 24.7 Å². The number of carbonyl (C=O) groups is 2. The van der Waals surface area contributed by atoms with Gasteiger partial charge in [0.25, 0.3) is 0 Å². The molecule has 3 N–H and O–H groups in total. The van der Waals surface area contributed by atoms with Crippen LogP contribution < -0.4 is 14.5 Å². The number of carbonyl (C=O) groups excluding carboxylic acids is 2. The van der Waals surface area contributed by atoms with E-state index in [0.29, 0.717) is 30.8 Å². The maximum atomic E-state index is 12.2. The summed E-state index contributed by atoms with van der Waals surface area (Å²) in [4.78, 5) is 32.3. The van der Waals surface area contributed by atoms with Crippen molar-refractivity contribution in [2.24, 2.45) is 0 Å². The summed E-state index contributed by atoms with van der Waals surface area (Å²) < 4.78 is 11.0. The molecule has 2 atom stereocenters. The highest BCUT2D eigenvalue weighted by atomic mass is 16.6. The minimum absolute atomic E-state index is 0.0279. The lowest BCUT2D eigenvalue weighted by Gasteiger charge is -2.41. The van der Waals surface area contributed by atoms with Crippen molar-refractivity contribution in [2.45, 2.75) is 30.7 Å². The number of aromatic nitrogens is 2. The molecule has 1 saturated heterocycles. The average Bonchev–Trinajstić information content (AvgIpc) is 3.28. The molecule has 1 aromatic heterocycles. The van der Waals surface area contributed by atoms with E-state index in [1.807, 2.05) is 0 Å². The van der Waals surface area contributed by atoms with E-state index in [1.165, 1.54) is 12.4 Å². The van der Waals surface area contributed by atoms with Crippen molar-refractivity contribution < 1.29 is 34.1 Å². The van der Waals surface area contributed by atoms with Gasteiger partial charge in [0.1, 0.15) is 11.9 Å². The summed E-state index contributed by atoms with van der Waals surface area (Å²) in [5, 5.41) is 31.9. The van der Waals surface area contributed by atoms with Crippen LogP contribution in [0.15, 0.2) is 24.7 Å². The molecule has 0 unspecified atom stereocenters. The SMILES string of the molecule is O=C([O-])c1c(OC2CN(C(=O)Cc3cnc[nH]3)C2)ccc2c1O[B-](O)(O)[C@H]1C[C@@H]21. The first kappa shape index (κ1) is 18.0. The molecular weight excluding hydrogens is 381 g/mol. The lowest BCUT2D eigenvalue weighted by Crippen LogP contribution is -2.56. The summed E-state index contributed by atoms with van der Waals surface area (Å²) >= 11 is 0. The molecule has 3 aliphatic rings. The number of nitrogens with one attached hydrogen (secondary N) is 1. The molecule has 0 radical (unpaired) electrons. The number of imidazole rings is 1. The number of likely N-dealkylation sites (tertiary alicyclic amines) is 1. The minimum Gasteiger partial charge on any atom is -0.669 e. The third-order valence-electron chi connectivity index (χ3n) is 5.83. The molecule has 0 bridgehead atoms. The van der Waals surface area contributed by atoms with E-state index < -0.39 is 18.5 Å². The number of aromatic carboxylic acids is 1. The van der Waals surface area contributed by atoms with Crippen LogP contribution in [-0.4, -0.2) is 62.7 Å². The lowest BCUT2D eigenvalue weighted by molar-refractivity contribution is -0.255. The van der Waals surface area contributed by atoms with Gasteiger partial charge < -0.3 is 39.2 Å². The van der Waals surface area contributed by atoms with Gasteiger partial charge >= 0.3 is 6.75 Å². The Kier molecular flexibility index (Phi) is 3.87. The molecule has 3 heterocycles. The van der Waals surface area contributed by atoms with E-state index in [4.69, 9.17) is 9.39 Å². The molecule has 1 saturated carbocycles. The Morgan fingerprint density at radius 1 is 1.38 bits per heavy atom. The van der Waals surface area contributed by atoms with E-state index in [2.05, 4.69) is 9.97 Å². The van der Waals surface area contributed by atoms with Crippen LogP contribution in [0.5, 0.6) is 11.5 Å². The van der Waals surface area contributed by atoms with Crippen molar-refractivity contribution in [2.75, 3.05) is 13.1 Å². The van der Waals surface area contributed by atoms with E-state index in [0.717, 1.165) is 0 Å². The maximum Gasteiger partial charge on any atom is 0.434 e. The minimum atomic E-state index is -3.11. The second-order valence-corrected chi connectivity index (χ2v) is 7.82. The third-order valence-corrected chi connectivity index (χ3v) is 5.83. The molecule has 0 spiro atoms. The molecule has 1 aromatic carbocycles. The zero-order valence-electron chi connectivity index (χ0n) is 15.3. The van der Waals surface area contributed by atoms with Gasteiger partial charge in [0, 0.05) is 11.9 Å². The van der Waals surface area contributed by atoms with Gasteiger partial charge in [-0.1, -0.05) is 18.3 Å². The Morgan fingerprint density at radius 3 is 2.86 bits per heavy atom. The van der Waals surface area contributed by atoms with Crippen molar-refractivity contribution in [1.82, 2.24) is 14.9 Å². The molecule has 152 valence electrons. The summed E-state index contributed by atoms with van der Waals surface area (Å²) in [5.41, 5.74) is 0.999. The molecule has 2 aliphatic heterocycles. The van der Waals surface area contributed by atoms with E-state index >= 15 is 0 Å². The highest BCUT2D eigenvalue weighted by molar-refractivity contribution is 6.62. The van der Waals surface area contributed by atoms with Crippen molar-refractivity contribution in [3.63, 3.8) is 0 Å². The van der Waals surface area contributed by atoms with E-state index in [-0.39, 0.29) is 41.4 Å². The topological polar surface area (TPSA) is 148 Å². The average molecular weight is 399 g/mol. The fraction of sp³-hybridized carbons (Fsp3) is 0.389. The number of hydrogen-bond acceptors (Lipinski definition) is 8. The van der Waals surface area contributed by atoms with Gasteiger partial charge in [-0.3, -0.25) is 4.79 Å². The number of ether oxygens (including phenoxy) is 1. The second kappa shape index (κ2) is 6.23. The summed E-state index contributed by atoms with van der Waals surface area (Å²) in [7, 11) is 0. The Morgan fingerprint density at radius 2 is 2.17 bits per heavy atom. The van der Waals surface area contributed by atoms with Gasteiger partial charge in [0.2, 0.25) is 5.91 Å². The van der Waals surface area contributed by atoms with Crippen molar-refractivity contribution in [3.8, 4) is 11.5 Å². The van der Waals surface area contributed by atoms with Crippen LogP contribution in [0, 0.1) is 0 Å². The van der Waals surface area contributed by atoms with Gasteiger partial charge in [-0.25, -0.2) is 4.98 Å². The van der Waals surface area contributed by atoms with Gasteiger partial charge in [-0.15, -0.1) is 0 Å². The molecule has 11 heteroatoms. The van der Waals surface area contributed by atoms with Gasteiger partial charge in [-0.2, -0.15) is 0 Å². The first-order valence-corrected chi connectivity index (χ1v) is 9.41. The highest BCUT2D eigenvalue weighted by Gasteiger charge is 2.55. The number of fused-ring (bicyclic) bond motifs is 3. The Balaban J connectivity index is 1.30. The van der Waals surface area contributed by atoms with Crippen molar-refractivity contribution in [3.05, 3.63) is 41.5 Å². The maximum absolute atomic E-state index is 12.2. The first-order chi connectivity index (χ1) is 13.8. The lowest BCUT2D eigenvalue weighted by atomic mass is 9.68. The van der Waals surface area contributed by atoms with Crippen molar-refractivity contribution in [1.29, 1.82) is 0 Å². The van der Waals surface area contributed by atoms with Crippen LogP contribution in [0.2, 0.25) is 5.82 Å². The summed E-state index contributed by atoms with van der Waals surface area (Å²) in [6.07, 6.45) is 3.43. The fourth-order valence-electron chi connectivity index (χ4n) is 4.16. The molecule has 1 amide bonds. The molecule has 2 aromatic rings. The molecule has 10 nitrogen and oxygen atoms in total. The summed E-state index contributed by atoms with van der Waals surface area (Å²) in [6, 6.07) is 3.22. The van der Waals surface area contributed by atoms with Crippen molar-refractivity contribution >= 4 is 18.6 Å². The van der Waals surface area contributed by atoms with Gasteiger partial charge in [0.15, 0.2) is 0 Å². The number of hydrogen-bond donors (Lipinski definition) is 3. The summed E-state index contributed by atoms with van der Waals surface area (Å²) in [6.45, 7) is -2.48. The molecular formula is C18H18BN3O7-2. The normalized spacial score (nSPS) is 24.0. The molecule has 1 aliphatic carbocycles. The number of benzene rings is 1. The number of H-pyrrole nitrogens is 1. The van der Waals surface area contributed by atoms with Gasteiger partial charge in [-0.05, 0) is 17.5 Å².